The summed E-state index contributed by atoms with van der Waals surface area (Å²) >= 11 is 0. The number of ether oxygens (including phenoxy) is 1. The van der Waals surface area contributed by atoms with Gasteiger partial charge in [-0.15, -0.1) is 0 Å². The molecule has 0 saturated carbocycles. The number of rotatable bonds is 2. The van der Waals surface area contributed by atoms with Gasteiger partial charge in [0.2, 0.25) is 0 Å². The van der Waals surface area contributed by atoms with Crippen molar-refractivity contribution in [2.75, 3.05) is 13.2 Å². The first-order chi connectivity index (χ1) is 5.38. The van der Waals surface area contributed by atoms with Crippen molar-refractivity contribution in [3.05, 3.63) is 36.0 Å². The average molecular weight is 150 g/mol. The van der Waals surface area contributed by atoms with Crippen LogP contribution in [0.3, 0.4) is 0 Å². The van der Waals surface area contributed by atoms with Crippen LogP contribution in [0.4, 0.5) is 0 Å². The van der Waals surface area contributed by atoms with Gasteiger partial charge in [0.15, 0.2) is 0 Å². The lowest BCUT2D eigenvalue weighted by molar-refractivity contribution is 0.150. The summed E-state index contributed by atoms with van der Waals surface area (Å²) in [5, 5.41) is 0. The summed E-state index contributed by atoms with van der Waals surface area (Å²) in [5.74, 6) is 0. The molecule has 0 aromatic heterocycles. The Balaban J connectivity index is 2.81. The summed E-state index contributed by atoms with van der Waals surface area (Å²) in [4.78, 5) is 0. The van der Waals surface area contributed by atoms with Crippen molar-refractivity contribution in [1.82, 2.24) is 0 Å². The molecule has 1 rings (SSSR count). The molecule has 0 bridgehead atoms. The van der Waals surface area contributed by atoms with Crippen LogP contribution in [0.25, 0.3) is 0 Å². The Morgan fingerprint density at radius 1 is 1.45 bits per heavy atom. The van der Waals surface area contributed by atoms with Gasteiger partial charge in [0.05, 0.1) is 13.2 Å². The zero-order chi connectivity index (χ0) is 8.10. The topological polar surface area (TPSA) is 9.23 Å². The minimum absolute atomic E-state index is 0.742. The van der Waals surface area contributed by atoms with E-state index in [1.54, 1.807) is 0 Å². The summed E-state index contributed by atoms with van der Waals surface area (Å²) in [5.41, 5.74) is 2.60. The maximum Gasteiger partial charge on any atom is 0.0719 e. The SMILES string of the molecule is C=CC1=C(/C=C\C)COCC1. The van der Waals surface area contributed by atoms with Crippen molar-refractivity contribution < 1.29 is 4.74 Å². The second-order valence-corrected chi connectivity index (χ2v) is 2.56. The smallest absolute Gasteiger partial charge is 0.0719 e. The number of allylic oxidation sites excluding steroid dienone is 2. The summed E-state index contributed by atoms with van der Waals surface area (Å²) in [6, 6.07) is 0. The van der Waals surface area contributed by atoms with Gasteiger partial charge in [-0.2, -0.15) is 0 Å². The van der Waals surface area contributed by atoms with Crippen LogP contribution in [-0.2, 0) is 4.74 Å². The van der Waals surface area contributed by atoms with Crippen molar-refractivity contribution in [2.24, 2.45) is 0 Å². The molecule has 11 heavy (non-hydrogen) atoms. The molecule has 0 unspecified atom stereocenters. The molecule has 0 fully saturated rings. The summed E-state index contributed by atoms with van der Waals surface area (Å²) in [6.07, 6.45) is 7.06. The van der Waals surface area contributed by atoms with Crippen LogP contribution in [0.1, 0.15) is 13.3 Å². The van der Waals surface area contributed by atoms with Gasteiger partial charge >= 0.3 is 0 Å². The molecule has 1 heterocycles. The van der Waals surface area contributed by atoms with Crippen molar-refractivity contribution >= 4 is 0 Å². The first-order valence-electron chi connectivity index (χ1n) is 3.93. The first kappa shape index (κ1) is 8.28. The lowest BCUT2D eigenvalue weighted by Crippen LogP contribution is -2.08. The zero-order valence-corrected chi connectivity index (χ0v) is 6.97. The molecular weight excluding hydrogens is 136 g/mol. The van der Waals surface area contributed by atoms with Gasteiger partial charge in [-0.3, -0.25) is 0 Å². The molecule has 1 aliphatic rings. The van der Waals surface area contributed by atoms with Crippen LogP contribution < -0.4 is 0 Å². The molecule has 0 N–H and O–H groups in total. The Kier molecular flexibility index (Phi) is 3.12. The first-order valence-corrected chi connectivity index (χ1v) is 3.93. The van der Waals surface area contributed by atoms with E-state index in [2.05, 4.69) is 12.7 Å². The monoisotopic (exact) mass is 150 g/mol. The van der Waals surface area contributed by atoms with Gasteiger partial charge in [0.1, 0.15) is 0 Å². The standard InChI is InChI=1S/C10H14O/c1-3-5-10-8-11-7-6-9(10)4-2/h3-5H,2,6-8H2,1H3/b5-3-. The summed E-state index contributed by atoms with van der Waals surface area (Å²) < 4.78 is 5.31. The van der Waals surface area contributed by atoms with E-state index in [9.17, 15) is 0 Å². The quantitative estimate of drug-likeness (QED) is 0.587. The van der Waals surface area contributed by atoms with E-state index in [0.717, 1.165) is 19.6 Å². The molecule has 0 saturated heterocycles. The molecule has 0 aromatic rings. The molecule has 1 heteroatoms. The molecule has 0 aliphatic carbocycles. The molecule has 0 aromatic carbocycles. The maximum absolute atomic E-state index is 5.31. The highest BCUT2D eigenvalue weighted by molar-refractivity contribution is 5.33. The third kappa shape index (κ3) is 2.05. The highest BCUT2D eigenvalue weighted by Crippen LogP contribution is 2.17. The van der Waals surface area contributed by atoms with Gasteiger partial charge in [-0.25, -0.2) is 0 Å². The molecule has 1 nitrogen and oxygen atoms in total. The average Bonchev–Trinajstić information content (AvgIpc) is 2.06. The third-order valence-corrected chi connectivity index (χ3v) is 1.80. The van der Waals surface area contributed by atoms with Crippen molar-refractivity contribution in [1.29, 1.82) is 0 Å². The van der Waals surface area contributed by atoms with E-state index in [4.69, 9.17) is 4.74 Å². The normalized spacial score (nSPS) is 19.4. The van der Waals surface area contributed by atoms with Crippen molar-refractivity contribution in [3.63, 3.8) is 0 Å². The molecular formula is C10H14O. The third-order valence-electron chi connectivity index (χ3n) is 1.80. The van der Waals surface area contributed by atoms with Crippen LogP contribution in [0.2, 0.25) is 0 Å². The van der Waals surface area contributed by atoms with Crippen LogP contribution >= 0.6 is 0 Å². The van der Waals surface area contributed by atoms with Gasteiger partial charge in [-0.1, -0.05) is 24.8 Å². The fourth-order valence-electron chi connectivity index (χ4n) is 1.21. The van der Waals surface area contributed by atoms with E-state index in [1.807, 2.05) is 19.1 Å². The Morgan fingerprint density at radius 3 is 2.91 bits per heavy atom. The van der Waals surface area contributed by atoms with Gasteiger partial charge in [0, 0.05) is 0 Å². The molecule has 0 amide bonds. The van der Waals surface area contributed by atoms with E-state index >= 15 is 0 Å². The van der Waals surface area contributed by atoms with E-state index in [1.165, 1.54) is 11.1 Å². The Bertz CT molecular complexity index is 199. The van der Waals surface area contributed by atoms with E-state index < -0.39 is 0 Å². The second kappa shape index (κ2) is 4.14. The van der Waals surface area contributed by atoms with Crippen molar-refractivity contribution in [2.45, 2.75) is 13.3 Å². The molecule has 1 aliphatic heterocycles. The van der Waals surface area contributed by atoms with Gasteiger partial charge < -0.3 is 4.74 Å². The van der Waals surface area contributed by atoms with Gasteiger partial charge in [0.25, 0.3) is 0 Å². The van der Waals surface area contributed by atoms with Gasteiger partial charge in [-0.05, 0) is 24.5 Å². The lowest BCUT2D eigenvalue weighted by Gasteiger charge is -2.15. The highest BCUT2D eigenvalue weighted by Gasteiger charge is 2.06. The molecule has 0 radical (unpaired) electrons. The number of hydrogen-bond acceptors (Lipinski definition) is 1. The molecule has 0 atom stereocenters. The number of hydrogen-bond donors (Lipinski definition) is 0. The van der Waals surface area contributed by atoms with Crippen LogP contribution in [0.5, 0.6) is 0 Å². The Labute approximate surface area is 68.1 Å². The Morgan fingerprint density at radius 2 is 2.27 bits per heavy atom. The fourth-order valence-corrected chi connectivity index (χ4v) is 1.21. The van der Waals surface area contributed by atoms with E-state index in [-0.39, 0.29) is 0 Å². The predicted octanol–water partition coefficient (Wildman–Crippen LogP) is 2.47. The minimum atomic E-state index is 0.742. The lowest BCUT2D eigenvalue weighted by atomic mass is 10.0. The van der Waals surface area contributed by atoms with Crippen LogP contribution in [0, 0.1) is 0 Å². The van der Waals surface area contributed by atoms with E-state index in [0.29, 0.717) is 0 Å². The molecule has 60 valence electrons. The van der Waals surface area contributed by atoms with Crippen molar-refractivity contribution in [3.8, 4) is 0 Å². The fraction of sp³-hybridized carbons (Fsp3) is 0.400. The largest absolute Gasteiger partial charge is 0.376 e. The maximum atomic E-state index is 5.31. The Hall–Kier alpha value is -0.820. The minimum Gasteiger partial charge on any atom is -0.376 e. The predicted molar refractivity (Wildman–Crippen MR) is 47.5 cm³/mol. The summed E-state index contributed by atoms with van der Waals surface area (Å²) in [7, 11) is 0. The second-order valence-electron chi connectivity index (χ2n) is 2.56. The zero-order valence-electron chi connectivity index (χ0n) is 6.97. The highest BCUT2D eigenvalue weighted by atomic mass is 16.5. The van der Waals surface area contributed by atoms with Crippen LogP contribution in [0.15, 0.2) is 36.0 Å². The van der Waals surface area contributed by atoms with Crippen LogP contribution in [-0.4, -0.2) is 13.2 Å². The summed E-state index contributed by atoms with van der Waals surface area (Å²) in [6.45, 7) is 7.36. The molecule has 0 spiro atoms.